The van der Waals surface area contributed by atoms with E-state index >= 15 is 0 Å². The Morgan fingerprint density at radius 1 is 0.405 bits per heavy atom. The maximum absolute atomic E-state index is 4.24. The molecule has 3 aromatic heterocycles. The maximum Gasteiger partial charge on any atom is 3.00 e. The Balaban J connectivity index is 0.000000152. The number of aromatic nitrogens is 3. The summed E-state index contributed by atoms with van der Waals surface area (Å²) in [6.07, 6.45) is 5.37. The van der Waals surface area contributed by atoms with E-state index in [2.05, 4.69) is 33.2 Å². The van der Waals surface area contributed by atoms with E-state index in [1.54, 1.807) is 18.6 Å². The van der Waals surface area contributed by atoms with Crippen LogP contribution in [0.25, 0.3) is 33.8 Å². The molecule has 0 N–H and O–H groups in total. The smallest absolute Gasteiger partial charge is 0.305 e. The Bertz CT molecular complexity index is 1090. The van der Waals surface area contributed by atoms with E-state index in [9.17, 15) is 0 Å². The van der Waals surface area contributed by atoms with Crippen LogP contribution in [0.5, 0.6) is 0 Å². The average molecular weight is 655 g/mol. The van der Waals surface area contributed by atoms with E-state index in [1.807, 2.05) is 127 Å². The Hall–Kier alpha value is -4.24. The van der Waals surface area contributed by atoms with Crippen LogP contribution in [0.3, 0.4) is 0 Å². The van der Waals surface area contributed by atoms with Gasteiger partial charge in [0.2, 0.25) is 0 Å². The molecule has 0 radical (unpaired) electrons. The molecule has 0 saturated carbocycles. The molecular formula is C33H24IrN3. The fraction of sp³-hybridized carbons (Fsp3) is 0. The van der Waals surface area contributed by atoms with Crippen molar-refractivity contribution in [3.05, 3.63) is 164 Å². The van der Waals surface area contributed by atoms with Crippen molar-refractivity contribution in [3.63, 3.8) is 0 Å². The second-order valence-electron chi connectivity index (χ2n) is 7.49. The van der Waals surface area contributed by atoms with Crippen LogP contribution >= 0.6 is 0 Å². The fourth-order valence-electron chi connectivity index (χ4n) is 3.24. The monoisotopic (exact) mass is 655 g/mol. The van der Waals surface area contributed by atoms with Gasteiger partial charge in [0.1, 0.15) is 0 Å². The first-order chi connectivity index (χ1) is 17.9. The van der Waals surface area contributed by atoms with Crippen LogP contribution in [0.2, 0.25) is 0 Å². The van der Waals surface area contributed by atoms with Crippen molar-refractivity contribution in [2.24, 2.45) is 0 Å². The molecular weight excluding hydrogens is 631 g/mol. The molecule has 6 aromatic rings. The zero-order chi connectivity index (χ0) is 24.7. The summed E-state index contributed by atoms with van der Waals surface area (Å²) in [7, 11) is 0. The molecule has 3 heterocycles. The summed E-state index contributed by atoms with van der Waals surface area (Å²) in [6, 6.07) is 50.3. The topological polar surface area (TPSA) is 38.7 Å². The van der Waals surface area contributed by atoms with Gasteiger partial charge in [-0.05, 0) is 35.7 Å². The Morgan fingerprint density at radius 2 is 0.838 bits per heavy atom. The zero-order valence-electron chi connectivity index (χ0n) is 20.0. The third-order valence-electron chi connectivity index (χ3n) is 4.98. The summed E-state index contributed by atoms with van der Waals surface area (Å²) in [5.41, 5.74) is 6.16. The van der Waals surface area contributed by atoms with Gasteiger partial charge in [0.05, 0.1) is 0 Å². The molecule has 0 aliphatic heterocycles. The van der Waals surface area contributed by atoms with Crippen molar-refractivity contribution in [1.82, 2.24) is 15.0 Å². The van der Waals surface area contributed by atoms with Crippen LogP contribution in [0.4, 0.5) is 0 Å². The van der Waals surface area contributed by atoms with E-state index in [0.717, 1.165) is 33.8 Å². The molecule has 0 bridgehead atoms. The molecule has 0 spiro atoms. The second-order valence-corrected chi connectivity index (χ2v) is 7.49. The Labute approximate surface area is 232 Å². The van der Waals surface area contributed by atoms with Crippen molar-refractivity contribution < 1.29 is 20.1 Å². The summed E-state index contributed by atoms with van der Waals surface area (Å²) in [5, 5.41) is 0. The summed E-state index contributed by atoms with van der Waals surface area (Å²) in [6.45, 7) is 0. The molecule has 0 amide bonds. The molecule has 0 aliphatic carbocycles. The van der Waals surface area contributed by atoms with E-state index in [4.69, 9.17) is 0 Å². The van der Waals surface area contributed by atoms with Gasteiger partial charge in [-0.1, -0.05) is 30.3 Å². The van der Waals surface area contributed by atoms with Crippen LogP contribution in [-0.4, -0.2) is 15.0 Å². The molecule has 3 aromatic carbocycles. The Morgan fingerprint density at radius 3 is 1.22 bits per heavy atom. The number of benzene rings is 3. The fourth-order valence-corrected chi connectivity index (χ4v) is 3.24. The van der Waals surface area contributed by atoms with Gasteiger partial charge in [-0.3, -0.25) is 4.98 Å². The molecule has 3 nitrogen and oxygen atoms in total. The Kier molecular flexibility index (Phi) is 11.6. The molecule has 6 rings (SSSR count). The van der Waals surface area contributed by atoms with Gasteiger partial charge < -0.3 is 9.97 Å². The minimum Gasteiger partial charge on any atom is -0.305 e. The van der Waals surface area contributed by atoms with Crippen molar-refractivity contribution in [2.75, 3.05) is 0 Å². The molecule has 0 aliphatic rings. The molecule has 4 heteroatoms. The van der Waals surface area contributed by atoms with E-state index < -0.39 is 0 Å². The summed E-state index contributed by atoms with van der Waals surface area (Å²) in [4.78, 5) is 12.7. The average Bonchev–Trinajstić information content (AvgIpc) is 3.01. The van der Waals surface area contributed by atoms with Crippen molar-refractivity contribution in [3.8, 4) is 33.8 Å². The van der Waals surface area contributed by atoms with Crippen molar-refractivity contribution >= 4 is 0 Å². The third-order valence-corrected chi connectivity index (χ3v) is 4.98. The molecule has 37 heavy (non-hydrogen) atoms. The van der Waals surface area contributed by atoms with Crippen LogP contribution in [0, 0.1) is 18.2 Å². The first-order valence-corrected chi connectivity index (χ1v) is 11.5. The quantitative estimate of drug-likeness (QED) is 0.184. The van der Waals surface area contributed by atoms with Gasteiger partial charge in [-0.25, -0.2) is 0 Å². The van der Waals surface area contributed by atoms with Gasteiger partial charge in [0.15, 0.2) is 0 Å². The van der Waals surface area contributed by atoms with Gasteiger partial charge in [-0.15, -0.1) is 77.4 Å². The van der Waals surface area contributed by atoms with Crippen LogP contribution in [0.15, 0.2) is 146 Å². The minimum atomic E-state index is 0. The minimum absolute atomic E-state index is 0. The predicted octanol–water partition coefficient (Wildman–Crippen LogP) is 7.64. The zero-order valence-corrected chi connectivity index (χ0v) is 22.4. The molecule has 0 unspecified atom stereocenters. The molecule has 180 valence electrons. The largest absolute Gasteiger partial charge is 3.00 e. The molecule has 0 atom stereocenters. The van der Waals surface area contributed by atoms with E-state index in [-0.39, 0.29) is 20.1 Å². The number of nitrogens with zero attached hydrogens (tertiary/aromatic N) is 3. The summed E-state index contributed by atoms with van der Waals surface area (Å²) in [5.74, 6) is 0. The van der Waals surface area contributed by atoms with Crippen molar-refractivity contribution in [1.29, 1.82) is 0 Å². The number of hydrogen-bond acceptors (Lipinski definition) is 3. The normalized spacial score (nSPS) is 9.41. The predicted molar refractivity (Wildman–Crippen MR) is 146 cm³/mol. The van der Waals surface area contributed by atoms with Crippen molar-refractivity contribution in [2.45, 2.75) is 0 Å². The van der Waals surface area contributed by atoms with E-state index in [0.29, 0.717) is 0 Å². The van der Waals surface area contributed by atoms with Crippen LogP contribution < -0.4 is 0 Å². The van der Waals surface area contributed by atoms with Crippen LogP contribution in [-0.2, 0) is 20.1 Å². The molecule has 0 fully saturated rings. The standard InChI is InChI=1S/3C11H8N.Ir/c3*1-2-6-10(7-3-1)11-8-4-5-9-12-11;/h2-9H;2*1-6,8-9H;/q3*-1;+3. The second kappa shape index (κ2) is 15.7. The number of rotatable bonds is 3. The SMILES string of the molecule is [Ir+3].[c-]1ccc(-c2ccccn2)cc1.[c-]1ccccc1-c1ccccn1.[c-]1ccccc1-c1ccccn1. The van der Waals surface area contributed by atoms with Gasteiger partial charge >= 0.3 is 20.1 Å². The van der Waals surface area contributed by atoms with Gasteiger partial charge in [-0.2, -0.15) is 30.3 Å². The van der Waals surface area contributed by atoms with Gasteiger partial charge in [0.25, 0.3) is 0 Å². The summed E-state index contributed by atoms with van der Waals surface area (Å²) < 4.78 is 0. The van der Waals surface area contributed by atoms with Gasteiger partial charge in [0, 0.05) is 24.3 Å². The van der Waals surface area contributed by atoms with E-state index in [1.165, 1.54) is 0 Å². The number of hydrogen-bond donors (Lipinski definition) is 0. The molecule has 0 saturated heterocycles. The summed E-state index contributed by atoms with van der Waals surface area (Å²) >= 11 is 0. The van der Waals surface area contributed by atoms with Crippen LogP contribution in [0.1, 0.15) is 0 Å². The maximum atomic E-state index is 4.24. The third kappa shape index (κ3) is 9.05. The first kappa shape index (κ1) is 27.3. The first-order valence-electron chi connectivity index (χ1n) is 11.5. The number of pyridine rings is 3.